The smallest absolute Gasteiger partial charge is 0.419 e. The highest BCUT2D eigenvalue weighted by Gasteiger charge is 2.44. The molecule has 2 aromatic carbocycles. The molecule has 1 aliphatic rings. The summed E-state index contributed by atoms with van der Waals surface area (Å²) in [6.07, 6.45) is -5.70. The molecule has 0 fully saturated rings. The summed E-state index contributed by atoms with van der Waals surface area (Å²) in [5.41, 5.74) is 1.45. The number of aromatic hydroxyl groups is 2. The van der Waals surface area contributed by atoms with Crippen LogP contribution in [0.2, 0.25) is 0 Å². The van der Waals surface area contributed by atoms with E-state index in [4.69, 9.17) is 4.74 Å². The van der Waals surface area contributed by atoms with Gasteiger partial charge in [-0.3, -0.25) is 4.79 Å². The Morgan fingerprint density at radius 3 is 2.27 bits per heavy atom. The maximum atomic E-state index is 14.8. The van der Waals surface area contributed by atoms with Crippen molar-refractivity contribution >= 4 is 5.78 Å². The average Bonchev–Trinajstić information content (AvgIpc) is 2.89. The second-order valence-electron chi connectivity index (χ2n) is 10.9. The number of benzene rings is 2. The first-order chi connectivity index (χ1) is 18.9. The molecule has 0 bridgehead atoms. The number of ketones is 1. The Hall–Kier alpha value is -2.84. The van der Waals surface area contributed by atoms with Crippen LogP contribution in [0.3, 0.4) is 0 Å². The van der Waals surface area contributed by atoms with Crippen molar-refractivity contribution in [1.29, 1.82) is 0 Å². The number of hydrogen-bond acceptors (Lipinski definition) is 4. The Morgan fingerprint density at radius 2 is 1.57 bits per heavy atom. The molecule has 0 radical (unpaired) electrons. The van der Waals surface area contributed by atoms with E-state index in [0.717, 1.165) is 11.1 Å². The van der Waals surface area contributed by atoms with E-state index in [2.05, 4.69) is 6.92 Å². The summed E-state index contributed by atoms with van der Waals surface area (Å²) < 4.78 is 70.2. The van der Waals surface area contributed by atoms with Gasteiger partial charge in [-0.15, -0.1) is 0 Å². The Kier molecular flexibility index (Phi) is 11.2. The zero-order valence-corrected chi connectivity index (χ0v) is 22.9. The summed E-state index contributed by atoms with van der Waals surface area (Å²) >= 11 is 0. The van der Waals surface area contributed by atoms with Gasteiger partial charge in [-0.1, -0.05) is 38.0 Å². The zero-order valence-electron chi connectivity index (χ0n) is 22.9. The Labute approximate surface area is 232 Å². The van der Waals surface area contributed by atoms with Gasteiger partial charge in [0.05, 0.1) is 6.61 Å². The van der Waals surface area contributed by atoms with E-state index in [1.54, 1.807) is 24.3 Å². The average molecular weight is 571 g/mol. The number of rotatable bonds is 15. The number of hydrogen-bond donors (Lipinski definition) is 2. The van der Waals surface area contributed by atoms with Gasteiger partial charge in [0, 0.05) is 35.8 Å². The Bertz CT molecular complexity index is 1090. The minimum Gasteiger partial charge on any atom is -0.508 e. The van der Waals surface area contributed by atoms with Gasteiger partial charge >= 0.3 is 6.18 Å². The third kappa shape index (κ3) is 8.33. The minimum absolute atomic E-state index is 0.0638. The monoisotopic (exact) mass is 570 g/mol. The van der Waals surface area contributed by atoms with E-state index in [1.165, 1.54) is 0 Å². The van der Waals surface area contributed by atoms with Crippen molar-refractivity contribution in [2.45, 2.75) is 101 Å². The maximum absolute atomic E-state index is 14.8. The van der Waals surface area contributed by atoms with Crippen LogP contribution in [0.4, 0.5) is 22.0 Å². The predicted molar refractivity (Wildman–Crippen MR) is 143 cm³/mol. The van der Waals surface area contributed by atoms with Crippen LogP contribution in [-0.2, 0) is 10.2 Å². The van der Waals surface area contributed by atoms with Crippen molar-refractivity contribution < 1.29 is 41.7 Å². The van der Waals surface area contributed by atoms with Crippen LogP contribution in [0.15, 0.2) is 42.5 Å². The van der Waals surface area contributed by atoms with E-state index in [-0.39, 0.29) is 42.5 Å². The number of phenolic OH excluding ortho intramolecular Hbond substituents is 2. The van der Waals surface area contributed by atoms with Crippen LogP contribution in [0.5, 0.6) is 17.2 Å². The van der Waals surface area contributed by atoms with Gasteiger partial charge in [0.15, 0.2) is 6.17 Å². The van der Waals surface area contributed by atoms with Crippen molar-refractivity contribution in [2.24, 2.45) is 5.92 Å². The van der Waals surface area contributed by atoms with Crippen molar-refractivity contribution in [3.63, 3.8) is 0 Å². The molecule has 4 atom stereocenters. The molecule has 4 nitrogen and oxygen atoms in total. The highest BCUT2D eigenvalue weighted by atomic mass is 19.4. The summed E-state index contributed by atoms with van der Waals surface area (Å²) in [4.78, 5) is 11.8. The summed E-state index contributed by atoms with van der Waals surface area (Å²) in [6, 6.07) is 12.1. The second kappa shape index (κ2) is 14.2. The molecule has 0 saturated carbocycles. The normalized spacial score (nSPS) is 20.4. The maximum Gasteiger partial charge on any atom is 0.419 e. The molecule has 222 valence electrons. The second-order valence-corrected chi connectivity index (χ2v) is 10.9. The largest absolute Gasteiger partial charge is 0.508 e. The highest BCUT2D eigenvalue weighted by Crippen LogP contribution is 2.51. The van der Waals surface area contributed by atoms with E-state index < -0.39 is 30.4 Å². The van der Waals surface area contributed by atoms with Crippen molar-refractivity contribution in [3.8, 4) is 17.2 Å². The number of Topliss-reactive ketones (excluding diaryl/α,β-unsaturated/α-hetero) is 1. The summed E-state index contributed by atoms with van der Waals surface area (Å²) in [6.45, 7) is 2.52. The first kappa shape index (κ1) is 31.7. The number of carbonyl (C=O) groups is 1. The van der Waals surface area contributed by atoms with Crippen LogP contribution in [-0.4, -0.2) is 41.1 Å². The zero-order chi connectivity index (χ0) is 29.3. The van der Waals surface area contributed by atoms with Gasteiger partial charge in [-0.25, -0.2) is 8.78 Å². The number of unbranched alkanes of at least 4 members (excludes halogenated alkanes) is 2. The van der Waals surface area contributed by atoms with Gasteiger partial charge in [0.1, 0.15) is 29.2 Å². The number of phenols is 2. The molecule has 1 aliphatic heterocycles. The molecule has 0 aromatic heterocycles. The third-order valence-electron chi connectivity index (χ3n) is 7.99. The van der Waals surface area contributed by atoms with Crippen molar-refractivity contribution in [2.75, 3.05) is 6.61 Å². The van der Waals surface area contributed by atoms with Gasteiger partial charge < -0.3 is 14.9 Å². The lowest BCUT2D eigenvalue weighted by Crippen LogP contribution is -2.42. The molecule has 0 spiro atoms. The molecule has 1 heterocycles. The first-order valence-electron chi connectivity index (χ1n) is 14.1. The van der Waals surface area contributed by atoms with Crippen LogP contribution < -0.4 is 4.74 Å². The lowest BCUT2D eigenvalue weighted by Gasteiger charge is -2.45. The molecule has 40 heavy (non-hydrogen) atoms. The van der Waals surface area contributed by atoms with Gasteiger partial charge in [0.25, 0.3) is 0 Å². The number of alkyl halides is 5. The quantitative estimate of drug-likeness (QED) is 0.166. The lowest BCUT2D eigenvalue weighted by molar-refractivity contribution is -0.182. The molecular formula is C31H39F5O4. The van der Waals surface area contributed by atoms with Gasteiger partial charge in [-0.05, 0) is 68.7 Å². The van der Waals surface area contributed by atoms with E-state index >= 15 is 0 Å². The number of halogens is 5. The Morgan fingerprint density at radius 1 is 0.925 bits per heavy atom. The summed E-state index contributed by atoms with van der Waals surface area (Å²) in [7, 11) is 0. The van der Waals surface area contributed by atoms with Crippen LogP contribution >= 0.6 is 0 Å². The topological polar surface area (TPSA) is 66.8 Å². The van der Waals surface area contributed by atoms with Gasteiger partial charge in [-0.2, -0.15) is 13.2 Å². The van der Waals surface area contributed by atoms with E-state index in [1.807, 2.05) is 18.2 Å². The fourth-order valence-corrected chi connectivity index (χ4v) is 5.72. The first-order valence-corrected chi connectivity index (χ1v) is 14.1. The fourth-order valence-electron chi connectivity index (χ4n) is 5.72. The fraction of sp³-hybridized carbons (Fsp3) is 0.581. The SMILES string of the molecule is CC1COc2cc(O)ccc2C1(CCCC(F)CCCCCC(=O)CCCC(F)C(F)(F)F)c1ccc(O)cc1. The van der Waals surface area contributed by atoms with Crippen LogP contribution in [0.1, 0.15) is 88.7 Å². The van der Waals surface area contributed by atoms with Crippen molar-refractivity contribution in [1.82, 2.24) is 0 Å². The molecule has 0 amide bonds. The van der Waals surface area contributed by atoms with E-state index in [0.29, 0.717) is 57.3 Å². The number of ether oxygens (including phenoxy) is 1. The van der Waals surface area contributed by atoms with Crippen LogP contribution in [0, 0.1) is 5.92 Å². The molecule has 3 rings (SSSR count). The molecule has 0 saturated heterocycles. The van der Waals surface area contributed by atoms with Gasteiger partial charge in [0.2, 0.25) is 0 Å². The highest BCUT2D eigenvalue weighted by molar-refractivity contribution is 5.78. The molecule has 2 N–H and O–H groups in total. The minimum atomic E-state index is -4.88. The van der Waals surface area contributed by atoms with Crippen molar-refractivity contribution in [3.05, 3.63) is 53.6 Å². The lowest BCUT2D eigenvalue weighted by atomic mass is 9.62. The van der Waals surface area contributed by atoms with E-state index in [9.17, 15) is 37.0 Å². The predicted octanol–water partition coefficient (Wildman–Crippen LogP) is 8.51. The molecule has 4 unspecified atom stereocenters. The number of carbonyl (C=O) groups excluding carboxylic acids is 1. The standard InChI is InChI=1S/C31H39F5O4/c1-21-20-40-28-19-26(39)16-17-27(28)30(21,22-12-14-25(38)15-13-22)18-6-8-23(32)7-3-2-4-9-24(37)10-5-11-29(33)31(34,35)36/h12-17,19,21,23,29,38-39H,2-11,18,20H2,1H3. The van der Waals surface area contributed by atoms with Crippen LogP contribution in [0.25, 0.3) is 0 Å². The molecule has 9 heteroatoms. The number of fused-ring (bicyclic) bond motifs is 1. The summed E-state index contributed by atoms with van der Waals surface area (Å²) in [5.74, 6) is 0.736. The molecule has 2 aromatic rings. The third-order valence-corrected chi connectivity index (χ3v) is 7.99. The molecule has 0 aliphatic carbocycles. The summed E-state index contributed by atoms with van der Waals surface area (Å²) in [5, 5.41) is 19.8. The Balaban J connectivity index is 1.47. The molecular weight excluding hydrogens is 531 g/mol.